The van der Waals surface area contributed by atoms with E-state index in [0.717, 1.165) is 25.7 Å². The van der Waals surface area contributed by atoms with Gasteiger partial charge in [0.15, 0.2) is 0 Å². The molecule has 0 heterocycles. The molecule has 4 heteroatoms. The van der Waals surface area contributed by atoms with Crippen molar-refractivity contribution in [2.24, 2.45) is 0 Å². The zero-order valence-corrected chi connectivity index (χ0v) is 21.3. The first-order chi connectivity index (χ1) is 11.2. The molecule has 0 aromatic heterocycles. The number of hydrogen-bond donors (Lipinski definition) is 0. The van der Waals surface area contributed by atoms with Crippen LogP contribution in [0.25, 0.3) is 0 Å². The van der Waals surface area contributed by atoms with Crippen LogP contribution in [0.2, 0.25) is 20.3 Å². The molecule has 0 fully saturated rings. The number of halogens is 2. The third kappa shape index (κ3) is 3.30. The van der Waals surface area contributed by atoms with E-state index in [9.17, 15) is 0 Å². The third-order valence-electron chi connectivity index (χ3n) is 6.23. The van der Waals surface area contributed by atoms with Crippen LogP contribution in [0, 0.1) is 0 Å². The van der Waals surface area contributed by atoms with Gasteiger partial charge < -0.3 is 0 Å². The van der Waals surface area contributed by atoms with Gasteiger partial charge in [0.2, 0.25) is 0 Å². The third-order valence-corrected chi connectivity index (χ3v) is 58.5. The van der Waals surface area contributed by atoms with Gasteiger partial charge in [-0.3, -0.25) is 0 Å². The molecule has 2 unspecified atom stereocenters. The molecule has 2 atom stereocenters. The Balaban J connectivity index is 2.62. The summed E-state index contributed by atoms with van der Waals surface area (Å²) in [5, 5.41) is 0. The molecule has 0 saturated heterocycles. The fourth-order valence-corrected chi connectivity index (χ4v) is 33.4. The van der Waals surface area contributed by atoms with E-state index in [4.69, 9.17) is 17.0 Å². The van der Waals surface area contributed by atoms with Gasteiger partial charge in [0, 0.05) is 0 Å². The minimum atomic E-state index is -4.06. The molecule has 2 aliphatic rings. The van der Waals surface area contributed by atoms with Crippen molar-refractivity contribution in [1.29, 1.82) is 0 Å². The van der Waals surface area contributed by atoms with E-state index >= 15 is 0 Å². The molecule has 0 nitrogen and oxygen atoms in total. The molecule has 0 spiro atoms. The first kappa shape index (κ1) is 20.9. The van der Waals surface area contributed by atoms with Gasteiger partial charge in [-0.1, -0.05) is 0 Å². The minimum absolute atomic E-state index is 0.341. The summed E-state index contributed by atoms with van der Waals surface area (Å²) in [6, 6.07) is 0. The van der Waals surface area contributed by atoms with Crippen LogP contribution in [0.3, 0.4) is 0 Å². The summed E-state index contributed by atoms with van der Waals surface area (Å²) in [6.07, 6.45) is 14.0. The van der Waals surface area contributed by atoms with E-state index in [1.165, 1.54) is 22.3 Å². The second kappa shape index (κ2) is 7.71. The van der Waals surface area contributed by atoms with Crippen LogP contribution < -0.4 is 0 Å². The summed E-state index contributed by atoms with van der Waals surface area (Å²) in [4.78, 5) is 0. The molecule has 0 N–H and O–H groups in total. The van der Waals surface area contributed by atoms with Crippen molar-refractivity contribution in [1.82, 2.24) is 0 Å². The van der Waals surface area contributed by atoms with Crippen molar-refractivity contribution < 1.29 is 15.6 Å². The Kier molecular flexibility index (Phi) is 6.73. The summed E-state index contributed by atoms with van der Waals surface area (Å²) in [5.41, 5.74) is 5.87. The predicted molar refractivity (Wildman–Crippen MR) is 112 cm³/mol. The Labute approximate surface area is 157 Å². The maximum absolute atomic E-state index is 7.80. The molecular formula is C20H33Cl2SiZr. The fourth-order valence-electron chi connectivity index (χ4n) is 4.42. The quantitative estimate of drug-likeness (QED) is 0.336. The van der Waals surface area contributed by atoms with Crippen LogP contribution in [-0.4, -0.2) is 5.92 Å². The molecule has 0 aliphatic heterocycles. The Morgan fingerprint density at radius 1 is 0.792 bits per heavy atom. The maximum atomic E-state index is 7.80. The van der Waals surface area contributed by atoms with Gasteiger partial charge >= 0.3 is 159 Å². The average molecular weight is 464 g/mol. The van der Waals surface area contributed by atoms with Crippen molar-refractivity contribution in [2.45, 2.75) is 73.7 Å². The van der Waals surface area contributed by atoms with E-state index in [-0.39, 0.29) is 0 Å². The van der Waals surface area contributed by atoms with Crippen LogP contribution in [0.4, 0.5) is 0 Å². The molecule has 2 aliphatic carbocycles. The number of allylic oxidation sites excluding steroid dienone is 8. The van der Waals surface area contributed by atoms with Crippen LogP contribution >= 0.6 is 17.0 Å². The SMILES string of the molecule is CCC1=C[CH]([Zr]([Cl])([Cl])([CH]2C=C(CC)C=C2CC)[SiH](C)C)C(CC)=C1. The van der Waals surface area contributed by atoms with E-state index in [0.29, 0.717) is 7.25 Å². The fraction of sp³-hybridized carbons (Fsp3) is 0.600. The molecule has 0 aromatic rings. The Morgan fingerprint density at radius 2 is 1.17 bits per heavy atom. The van der Waals surface area contributed by atoms with Crippen molar-refractivity contribution >= 4 is 22.9 Å². The zero-order valence-electron chi connectivity index (χ0n) is 16.1. The monoisotopic (exact) mass is 461 g/mol. The predicted octanol–water partition coefficient (Wildman–Crippen LogP) is 7.92. The van der Waals surface area contributed by atoms with Crippen molar-refractivity contribution in [3.05, 3.63) is 46.6 Å². The molecule has 0 bridgehead atoms. The van der Waals surface area contributed by atoms with Crippen molar-refractivity contribution in [3.63, 3.8) is 0 Å². The van der Waals surface area contributed by atoms with Crippen LogP contribution in [0.5, 0.6) is 0 Å². The van der Waals surface area contributed by atoms with Crippen LogP contribution in [0.1, 0.15) is 53.4 Å². The molecule has 2 rings (SSSR count). The van der Waals surface area contributed by atoms with Gasteiger partial charge in [0.05, 0.1) is 0 Å². The second-order valence-electron chi connectivity index (χ2n) is 7.67. The summed E-state index contributed by atoms with van der Waals surface area (Å²) in [7, 11) is 15.6. The van der Waals surface area contributed by atoms with E-state index in [1.54, 1.807) is 0 Å². The molecule has 24 heavy (non-hydrogen) atoms. The van der Waals surface area contributed by atoms with Crippen molar-refractivity contribution in [3.8, 4) is 0 Å². The van der Waals surface area contributed by atoms with Gasteiger partial charge in [0.1, 0.15) is 0 Å². The topological polar surface area (TPSA) is 0 Å². The molecular weight excluding hydrogens is 430 g/mol. The molecule has 135 valence electrons. The van der Waals surface area contributed by atoms with Gasteiger partial charge in [-0.05, 0) is 0 Å². The van der Waals surface area contributed by atoms with E-state index in [1.807, 2.05) is 0 Å². The summed E-state index contributed by atoms with van der Waals surface area (Å²) in [6.45, 7) is 13.8. The first-order valence-electron chi connectivity index (χ1n) is 9.62. The molecule has 0 amide bonds. The average Bonchev–Trinajstić information content (AvgIpc) is 3.19. The van der Waals surface area contributed by atoms with Gasteiger partial charge in [-0.2, -0.15) is 0 Å². The standard InChI is InChI=1S/2C9H13.C2H7Si.2ClH.Zr/c2*1-3-8-5-6-9(4-2)7-8;1-3-2;;;/h2*5-7H,3-4H2,1-2H3;3H,1-2H3;2*1H;/q;;;;;+2/p-2. The normalized spacial score (nSPS) is 26.0. The van der Waals surface area contributed by atoms with E-state index in [2.05, 4.69) is 65.1 Å². The molecule has 0 aromatic carbocycles. The Hall–Kier alpha value is 0.640. The zero-order chi connectivity index (χ0) is 18.1. The van der Waals surface area contributed by atoms with Gasteiger partial charge in [0.25, 0.3) is 0 Å². The Bertz CT molecular complexity index is 578. The van der Waals surface area contributed by atoms with Crippen LogP contribution in [0.15, 0.2) is 46.6 Å². The first-order valence-corrected chi connectivity index (χ1v) is 25.9. The van der Waals surface area contributed by atoms with Gasteiger partial charge in [-0.15, -0.1) is 0 Å². The van der Waals surface area contributed by atoms with Crippen LogP contribution in [-0.2, 0) is 15.6 Å². The molecule has 0 saturated carbocycles. The Morgan fingerprint density at radius 3 is 1.42 bits per heavy atom. The second-order valence-corrected chi connectivity index (χ2v) is 50.4. The summed E-state index contributed by atoms with van der Waals surface area (Å²) < 4.78 is 0.683. The van der Waals surface area contributed by atoms with E-state index < -0.39 is 21.5 Å². The van der Waals surface area contributed by atoms with Gasteiger partial charge in [-0.25, -0.2) is 0 Å². The molecule has 0 radical (unpaired) electrons. The number of hydrogen-bond acceptors (Lipinski definition) is 0. The van der Waals surface area contributed by atoms with Crippen molar-refractivity contribution in [2.75, 3.05) is 0 Å². The number of rotatable bonds is 7. The summed E-state index contributed by atoms with van der Waals surface area (Å²) >= 11 is -4.06. The summed E-state index contributed by atoms with van der Waals surface area (Å²) in [5.74, 6) is -1.23.